The molecular weight excluding hydrogens is 470 g/mol. The lowest BCUT2D eigenvalue weighted by Gasteiger charge is -2.52. The maximum Gasteiger partial charge on any atom is 0.301 e. The minimum Gasteiger partial charge on any atom is -0.627 e. The molecule has 8 nitrogen and oxygen atoms in total. The Labute approximate surface area is 198 Å². The molecule has 4 rings (SSSR count). The molecule has 1 aromatic heterocycles. The van der Waals surface area contributed by atoms with E-state index in [2.05, 4.69) is 15.3 Å². The number of ether oxygens (including phenoxy) is 1. The summed E-state index contributed by atoms with van der Waals surface area (Å²) in [6, 6.07) is 0.418. The van der Waals surface area contributed by atoms with E-state index in [9.17, 15) is 27.6 Å². The van der Waals surface area contributed by atoms with Crippen molar-refractivity contribution >= 4 is 11.7 Å². The monoisotopic (exact) mass is 493 g/mol. The Balaban J connectivity index is 1.38. The van der Waals surface area contributed by atoms with Gasteiger partial charge in [-0.1, -0.05) is 6.08 Å². The number of nitrogens with one attached hydrogen (secondary N) is 1. The van der Waals surface area contributed by atoms with Crippen molar-refractivity contribution in [2.45, 2.75) is 31.4 Å². The van der Waals surface area contributed by atoms with Crippen molar-refractivity contribution in [2.24, 2.45) is 0 Å². The molecule has 1 fully saturated rings. The van der Waals surface area contributed by atoms with Crippen molar-refractivity contribution in [1.82, 2.24) is 14.9 Å². The van der Waals surface area contributed by atoms with Gasteiger partial charge in [0.15, 0.2) is 23.4 Å². The van der Waals surface area contributed by atoms with E-state index in [4.69, 9.17) is 4.74 Å². The largest absolute Gasteiger partial charge is 0.627 e. The SMILES string of the molecule is C[C@@H](C(=O)Nc1cnc(Oc2ccc(F)cc2F)cn1)N1CCC(F)(F)C([N+]2([O-])C=CC=CC2)C1. The second-order valence-corrected chi connectivity index (χ2v) is 8.41. The second kappa shape index (κ2) is 9.72. The number of carbonyl (C=O) groups is 1. The van der Waals surface area contributed by atoms with E-state index in [1.165, 1.54) is 18.5 Å². The molecule has 35 heavy (non-hydrogen) atoms. The molecule has 2 unspecified atom stereocenters. The van der Waals surface area contributed by atoms with Crippen LogP contribution in [0.15, 0.2) is 55.0 Å². The van der Waals surface area contributed by atoms with E-state index >= 15 is 0 Å². The number of nitrogens with zero attached hydrogens (tertiary/aromatic N) is 4. The van der Waals surface area contributed by atoms with Crippen LogP contribution in [0.4, 0.5) is 23.4 Å². The first kappa shape index (κ1) is 24.8. The fraction of sp³-hybridized carbons (Fsp3) is 0.348. The third-order valence-corrected chi connectivity index (χ3v) is 6.05. The third-order valence-electron chi connectivity index (χ3n) is 6.05. The number of alkyl halides is 2. The fourth-order valence-electron chi connectivity index (χ4n) is 4.01. The molecular formula is C23H23F4N5O3. The molecule has 1 saturated heterocycles. The maximum atomic E-state index is 14.6. The van der Waals surface area contributed by atoms with E-state index in [1.807, 2.05) is 0 Å². The van der Waals surface area contributed by atoms with Gasteiger partial charge in [-0.15, -0.1) is 0 Å². The predicted molar refractivity (Wildman–Crippen MR) is 118 cm³/mol. The van der Waals surface area contributed by atoms with E-state index in [0.29, 0.717) is 6.07 Å². The number of quaternary nitrogens is 1. The van der Waals surface area contributed by atoms with Crippen LogP contribution in [0.1, 0.15) is 13.3 Å². The molecule has 1 N–H and O–H groups in total. The first-order valence-electron chi connectivity index (χ1n) is 10.9. The summed E-state index contributed by atoms with van der Waals surface area (Å²) < 4.78 is 60.1. The molecule has 2 aliphatic rings. The first-order valence-corrected chi connectivity index (χ1v) is 10.9. The Morgan fingerprint density at radius 2 is 2.09 bits per heavy atom. The van der Waals surface area contributed by atoms with Crippen molar-refractivity contribution in [2.75, 3.05) is 25.0 Å². The number of hydrogen-bond acceptors (Lipinski definition) is 6. The summed E-state index contributed by atoms with van der Waals surface area (Å²) in [5.41, 5.74) is 0. The van der Waals surface area contributed by atoms with Gasteiger partial charge in [0.05, 0.1) is 31.2 Å². The number of halogens is 4. The lowest BCUT2D eigenvalue weighted by atomic mass is 9.97. The number of rotatable bonds is 6. The zero-order chi connectivity index (χ0) is 25.2. The van der Waals surface area contributed by atoms with Gasteiger partial charge in [0.25, 0.3) is 0 Å². The number of aromatic nitrogens is 2. The summed E-state index contributed by atoms with van der Waals surface area (Å²) in [7, 11) is 0. The van der Waals surface area contributed by atoms with Crippen LogP contribution in [0.2, 0.25) is 0 Å². The van der Waals surface area contributed by atoms with Crippen molar-refractivity contribution in [3.63, 3.8) is 0 Å². The molecule has 12 heteroatoms. The molecule has 186 valence electrons. The molecule has 0 spiro atoms. The molecule has 0 saturated carbocycles. The fourth-order valence-corrected chi connectivity index (χ4v) is 4.01. The zero-order valence-corrected chi connectivity index (χ0v) is 18.7. The van der Waals surface area contributed by atoms with Crippen LogP contribution >= 0.6 is 0 Å². The Morgan fingerprint density at radius 3 is 2.74 bits per heavy atom. The standard InChI is InChI=1S/C23H23F4N5O3/c1-15(31-8-7-23(26,27)19(14-31)32(34)9-3-2-4-10-32)22(33)30-20-12-29-21(13-28-20)35-18-6-5-16(24)11-17(18)25/h2-6,9,11-13,15,19H,7-8,10,14H2,1H3,(H,28,30,33)/t15-,19?,32?/m0/s1. The van der Waals surface area contributed by atoms with Crippen LogP contribution in [-0.2, 0) is 4.79 Å². The van der Waals surface area contributed by atoms with Crippen molar-refractivity contribution in [3.05, 3.63) is 71.9 Å². The number of piperidine rings is 1. The van der Waals surface area contributed by atoms with E-state index in [0.717, 1.165) is 18.3 Å². The molecule has 3 heterocycles. The van der Waals surface area contributed by atoms with Gasteiger partial charge >= 0.3 is 5.92 Å². The highest BCUT2D eigenvalue weighted by Crippen LogP contribution is 2.37. The highest BCUT2D eigenvalue weighted by atomic mass is 19.3. The van der Waals surface area contributed by atoms with Gasteiger partial charge in [0, 0.05) is 19.0 Å². The van der Waals surface area contributed by atoms with Crippen LogP contribution < -0.4 is 10.1 Å². The maximum absolute atomic E-state index is 14.6. The van der Waals surface area contributed by atoms with Crippen molar-refractivity contribution in [3.8, 4) is 11.6 Å². The Kier molecular flexibility index (Phi) is 6.88. The van der Waals surface area contributed by atoms with Crippen LogP contribution in [0, 0.1) is 16.8 Å². The van der Waals surface area contributed by atoms with Gasteiger partial charge in [-0.2, -0.15) is 8.78 Å². The minimum atomic E-state index is -3.17. The first-order chi connectivity index (χ1) is 16.6. The second-order valence-electron chi connectivity index (χ2n) is 8.41. The highest BCUT2D eigenvalue weighted by molar-refractivity contribution is 5.93. The lowest BCUT2D eigenvalue weighted by molar-refractivity contribution is -0.862. The van der Waals surface area contributed by atoms with Gasteiger partial charge in [-0.3, -0.25) is 9.69 Å². The molecule has 1 aromatic carbocycles. The predicted octanol–water partition coefficient (Wildman–Crippen LogP) is 3.98. The lowest BCUT2D eigenvalue weighted by Crippen LogP contribution is -2.65. The van der Waals surface area contributed by atoms with Crippen LogP contribution in [-0.4, -0.2) is 63.1 Å². The number of hydroxylamine groups is 3. The Morgan fingerprint density at radius 1 is 1.29 bits per heavy atom. The Bertz CT molecular complexity index is 1140. The number of carbonyl (C=O) groups excluding carboxylic acids is 1. The summed E-state index contributed by atoms with van der Waals surface area (Å²) in [4.78, 5) is 22.2. The number of hydrogen-bond donors (Lipinski definition) is 1. The molecule has 0 radical (unpaired) electrons. The average Bonchev–Trinajstić information content (AvgIpc) is 2.82. The summed E-state index contributed by atoms with van der Waals surface area (Å²) in [5, 5.41) is 15.6. The van der Waals surface area contributed by atoms with Gasteiger partial charge in [-0.25, -0.2) is 18.7 Å². The van der Waals surface area contributed by atoms with Gasteiger partial charge < -0.3 is 19.9 Å². The zero-order valence-electron chi connectivity index (χ0n) is 18.7. The summed E-state index contributed by atoms with van der Waals surface area (Å²) in [6.45, 7) is 1.14. The van der Waals surface area contributed by atoms with Crippen molar-refractivity contribution in [1.29, 1.82) is 0 Å². The number of benzene rings is 1. The highest BCUT2D eigenvalue weighted by Gasteiger charge is 2.53. The average molecular weight is 493 g/mol. The number of amides is 1. The van der Waals surface area contributed by atoms with E-state index in [-0.39, 0.29) is 37.1 Å². The number of likely N-dealkylation sites (tertiary alicyclic amines) is 1. The smallest absolute Gasteiger partial charge is 0.301 e. The topological polar surface area (TPSA) is 90.4 Å². The summed E-state index contributed by atoms with van der Waals surface area (Å²) in [5.74, 6) is -5.64. The van der Waals surface area contributed by atoms with Crippen LogP contribution in [0.3, 0.4) is 0 Å². The van der Waals surface area contributed by atoms with Crippen LogP contribution in [0.5, 0.6) is 11.6 Å². The molecule has 3 atom stereocenters. The molecule has 0 bridgehead atoms. The minimum absolute atomic E-state index is 0.0562. The number of allylic oxidation sites excluding steroid dienone is 2. The normalized spacial score (nSPS) is 24.7. The quantitative estimate of drug-likeness (QED) is 0.372. The summed E-state index contributed by atoms with van der Waals surface area (Å²) >= 11 is 0. The molecule has 1 amide bonds. The van der Waals surface area contributed by atoms with E-state index in [1.54, 1.807) is 24.0 Å². The summed E-state index contributed by atoms with van der Waals surface area (Å²) in [6.07, 6.45) is 7.63. The Hall–Kier alpha value is -3.35. The van der Waals surface area contributed by atoms with Crippen molar-refractivity contribution < 1.29 is 31.7 Å². The van der Waals surface area contributed by atoms with Gasteiger partial charge in [0.1, 0.15) is 12.4 Å². The molecule has 2 aliphatic heterocycles. The van der Waals surface area contributed by atoms with Gasteiger partial charge in [-0.05, 0) is 31.2 Å². The third kappa shape index (κ3) is 5.50. The number of anilines is 1. The van der Waals surface area contributed by atoms with Gasteiger partial charge in [0.2, 0.25) is 11.8 Å². The molecule has 2 aromatic rings. The molecule has 0 aliphatic carbocycles. The van der Waals surface area contributed by atoms with Crippen LogP contribution in [0.25, 0.3) is 0 Å². The van der Waals surface area contributed by atoms with E-state index < -0.39 is 46.6 Å².